The van der Waals surface area contributed by atoms with Crippen molar-refractivity contribution in [3.05, 3.63) is 28.8 Å². The van der Waals surface area contributed by atoms with E-state index in [0.29, 0.717) is 11.9 Å². The number of nitrogens with zero attached hydrogens (tertiary/aromatic N) is 2. The third-order valence-electron chi connectivity index (χ3n) is 4.66. The lowest BCUT2D eigenvalue weighted by atomic mass is 10.1. The summed E-state index contributed by atoms with van der Waals surface area (Å²) in [6.45, 7) is 2.19. The fourth-order valence-electron chi connectivity index (χ4n) is 3.42. The van der Waals surface area contributed by atoms with Crippen LogP contribution in [0.2, 0.25) is 5.02 Å². The molecule has 1 aromatic carbocycles. The molecule has 2 fully saturated rings. The normalized spacial score (nSPS) is 27.6. The highest BCUT2D eigenvalue weighted by Gasteiger charge is 2.34. The van der Waals surface area contributed by atoms with Crippen molar-refractivity contribution in [3.63, 3.8) is 0 Å². The first kappa shape index (κ1) is 13.5. The molecule has 2 atom stereocenters. The zero-order valence-electron chi connectivity index (χ0n) is 11.3. The average molecular weight is 299 g/mol. The third kappa shape index (κ3) is 2.58. The second-order valence-corrected chi connectivity index (χ2v) is 6.38. The molecule has 0 spiro atoms. The van der Waals surface area contributed by atoms with Gasteiger partial charge >= 0.3 is 0 Å². The van der Waals surface area contributed by atoms with Crippen LogP contribution in [0, 0.1) is 0 Å². The number of rotatable bonds is 2. The van der Waals surface area contributed by atoms with Gasteiger partial charge in [0.25, 0.3) is 0 Å². The van der Waals surface area contributed by atoms with Crippen LogP contribution in [0.1, 0.15) is 24.8 Å². The molecule has 2 unspecified atom stereocenters. The third-order valence-corrected chi connectivity index (χ3v) is 5.27. The Morgan fingerprint density at radius 3 is 2.74 bits per heavy atom. The summed E-state index contributed by atoms with van der Waals surface area (Å²) in [6, 6.07) is 7.64. The summed E-state index contributed by atoms with van der Waals surface area (Å²) in [5.41, 5.74) is 2.25. The molecule has 2 aliphatic heterocycles. The van der Waals surface area contributed by atoms with Crippen LogP contribution in [0.15, 0.2) is 18.2 Å². The van der Waals surface area contributed by atoms with Crippen molar-refractivity contribution in [2.45, 2.75) is 37.2 Å². The molecule has 19 heavy (non-hydrogen) atoms. The highest BCUT2D eigenvalue weighted by molar-refractivity contribution is 6.33. The van der Waals surface area contributed by atoms with Gasteiger partial charge in [0.2, 0.25) is 0 Å². The highest BCUT2D eigenvalue weighted by atomic mass is 35.5. The van der Waals surface area contributed by atoms with Gasteiger partial charge in [-0.25, -0.2) is 0 Å². The molecule has 3 rings (SSSR count). The molecule has 1 aromatic rings. The van der Waals surface area contributed by atoms with Gasteiger partial charge in [-0.1, -0.05) is 17.7 Å². The van der Waals surface area contributed by atoms with Gasteiger partial charge < -0.3 is 4.90 Å². The van der Waals surface area contributed by atoms with E-state index in [1.807, 2.05) is 6.07 Å². The van der Waals surface area contributed by atoms with Crippen molar-refractivity contribution in [2.24, 2.45) is 0 Å². The minimum atomic E-state index is 0.521. The molecule has 2 aliphatic rings. The van der Waals surface area contributed by atoms with Crippen LogP contribution < -0.4 is 4.90 Å². The number of halogens is 2. The molecule has 2 saturated heterocycles. The van der Waals surface area contributed by atoms with Gasteiger partial charge in [0.05, 0.1) is 10.7 Å². The van der Waals surface area contributed by atoms with Crippen LogP contribution in [0.3, 0.4) is 0 Å². The first-order valence-electron chi connectivity index (χ1n) is 7.00. The van der Waals surface area contributed by atoms with Gasteiger partial charge in [-0.05, 0) is 44.0 Å². The standard InChI is InChI=1S/C15H20Cl2N2/c1-18-12-3-4-13(18)10-19(7-6-12)15-5-2-11(9-16)8-14(15)17/h2,5,8,12-13H,3-4,6-7,9-10H2,1H3. The Labute approximate surface area is 125 Å². The molecule has 4 heteroatoms. The highest BCUT2D eigenvalue weighted by Crippen LogP contribution is 2.34. The summed E-state index contributed by atoms with van der Waals surface area (Å²) in [5, 5.41) is 0.832. The largest absolute Gasteiger partial charge is 0.369 e. The number of likely N-dealkylation sites (N-methyl/N-ethyl adjacent to an activating group) is 1. The first-order valence-corrected chi connectivity index (χ1v) is 7.91. The van der Waals surface area contributed by atoms with E-state index in [4.69, 9.17) is 23.2 Å². The number of hydrogen-bond acceptors (Lipinski definition) is 2. The molecule has 0 amide bonds. The fourth-order valence-corrected chi connectivity index (χ4v) is 3.91. The average Bonchev–Trinajstić information content (AvgIpc) is 2.64. The summed E-state index contributed by atoms with van der Waals surface area (Å²) in [5.74, 6) is 0.521. The van der Waals surface area contributed by atoms with Crippen LogP contribution in [0.5, 0.6) is 0 Å². The molecule has 0 radical (unpaired) electrons. The Morgan fingerprint density at radius 2 is 2.00 bits per heavy atom. The summed E-state index contributed by atoms with van der Waals surface area (Å²) in [7, 11) is 2.27. The van der Waals surface area contributed by atoms with Gasteiger partial charge in [0.1, 0.15) is 0 Å². The number of benzene rings is 1. The maximum absolute atomic E-state index is 6.42. The molecular weight excluding hydrogens is 279 g/mol. The maximum atomic E-state index is 6.42. The lowest BCUT2D eigenvalue weighted by Gasteiger charge is -2.28. The smallest absolute Gasteiger partial charge is 0.0642 e. The minimum absolute atomic E-state index is 0.521. The van der Waals surface area contributed by atoms with Crippen molar-refractivity contribution in [1.82, 2.24) is 4.90 Å². The second-order valence-electron chi connectivity index (χ2n) is 5.70. The quantitative estimate of drug-likeness (QED) is 0.767. The van der Waals surface area contributed by atoms with Gasteiger partial charge in [-0.3, -0.25) is 4.90 Å². The Bertz CT molecular complexity index is 463. The summed E-state index contributed by atoms with van der Waals surface area (Å²) in [6.07, 6.45) is 3.91. The first-order chi connectivity index (χ1) is 9.19. The predicted molar refractivity (Wildman–Crippen MR) is 82.4 cm³/mol. The van der Waals surface area contributed by atoms with E-state index in [1.54, 1.807) is 0 Å². The van der Waals surface area contributed by atoms with Crippen LogP contribution in [0.25, 0.3) is 0 Å². The summed E-state index contributed by atoms with van der Waals surface area (Å²) >= 11 is 12.3. The van der Waals surface area contributed by atoms with E-state index < -0.39 is 0 Å². The maximum Gasteiger partial charge on any atom is 0.0642 e. The molecule has 0 saturated carbocycles. The Morgan fingerprint density at radius 1 is 1.21 bits per heavy atom. The van der Waals surface area contributed by atoms with Crippen molar-refractivity contribution >= 4 is 28.9 Å². The van der Waals surface area contributed by atoms with Crippen LogP contribution in [-0.4, -0.2) is 37.1 Å². The number of fused-ring (bicyclic) bond motifs is 2. The van der Waals surface area contributed by atoms with Crippen LogP contribution >= 0.6 is 23.2 Å². The Hall–Kier alpha value is -0.440. The van der Waals surface area contributed by atoms with Gasteiger partial charge in [-0.2, -0.15) is 0 Å². The molecule has 104 valence electrons. The van der Waals surface area contributed by atoms with Gasteiger partial charge in [0, 0.05) is 31.1 Å². The van der Waals surface area contributed by atoms with Gasteiger partial charge in [0.15, 0.2) is 0 Å². The number of anilines is 1. The van der Waals surface area contributed by atoms with Crippen molar-refractivity contribution in [3.8, 4) is 0 Å². The Kier molecular flexibility index (Phi) is 3.93. The van der Waals surface area contributed by atoms with E-state index in [9.17, 15) is 0 Å². The zero-order chi connectivity index (χ0) is 13.4. The van der Waals surface area contributed by atoms with Gasteiger partial charge in [-0.15, -0.1) is 11.6 Å². The Balaban J connectivity index is 1.82. The molecule has 2 heterocycles. The van der Waals surface area contributed by atoms with E-state index in [-0.39, 0.29) is 0 Å². The van der Waals surface area contributed by atoms with E-state index >= 15 is 0 Å². The van der Waals surface area contributed by atoms with E-state index in [2.05, 4.69) is 29.0 Å². The van der Waals surface area contributed by atoms with Crippen LogP contribution in [0.4, 0.5) is 5.69 Å². The van der Waals surface area contributed by atoms with E-state index in [1.165, 1.54) is 19.3 Å². The lowest BCUT2D eigenvalue weighted by molar-refractivity contribution is 0.254. The summed E-state index contributed by atoms with van der Waals surface area (Å²) in [4.78, 5) is 5.00. The zero-order valence-corrected chi connectivity index (χ0v) is 12.8. The molecule has 0 aliphatic carbocycles. The van der Waals surface area contributed by atoms with Crippen molar-refractivity contribution in [2.75, 3.05) is 25.0 Å². The van der Waals surface area contributed by atoms with Crippen molar-refractivity contribution < 1.29 is 0 Å². The SMILES string of the molecule is CN1C2CCC1CN(c1ccc(CCl)cc1Cl)CC2. The van der Waals surface area contributed by atoms with Crippen LogP contribution in [-0.2, 0) is 5.88 Å². The summed E-state index contributed by atoms with van der Waals surface area (Å²) < 4.78 is 0. The fraction of sp³-hybridized carbons (Fsp3) is 0.600. The number of hydrogen-bond donors (Lipinski definition) is 0. The predicted octanol–water partition coefficient (Wildman–Crippen LogP) is 3.75. The molecular formula is C15H20Cl2N2. The second kappa shape index (κ2) is 5.51. The van der Waals surface area contributed by atoms with E-state index in [0.717, 1.165) is 35.4 Å². The molecule has 0 aromatic heterocycles. The lowest BCUT2D eigenvalue weighted by Crippen LogP contribution is -2.36. The molecule has 2 nitrogen and oxygen atoms in total. The minimum Gasteiger partial charge on any atom is -0.369 e. The molecule has 2 bridgehead atoms. The molecule has 0 N–H and O–H groups in total. The number of alkyl halides is 1. The topological polar surface area (TPSA) is 6.48 Å². The van der Waals surface area contributed by atoms with Crippen molar-refractivity contribution in [1.29, 1.82) is 0 Å². The monoisotopic (exact) mass is 298 g/mol.